The molecular formula is C26H29N5O2S. The Kier molecular flexibility index (Phi) is 6.24. The fourth-order valence-corrected chi connectivity index (χ4v) is 5.39. The number of methoxy groups -OCH3 is 1. The van der Waals surface area contributed by atoms with E-state index in [2.05, 4.69) is 41.4 Å². The van der Waals surface area contributed by atoms with Gasteiger partial charge in [0.1, 0.15) is 5.75 Å². The van der Waals surface area contributed by atoms with Gasteiger partial charge in [-0.15, -0.1) is 0 Å². The van der Waals surface area contributed by atoms with Gasteiger partial charge in [-0.2, -0.15) is 10.1 Å². The lowest BCUT2D eigenvalue weighted by molar-refractivity contribution is -0.125. The van der Waals surface area contributed by atoms with Crippen LogP contribution >= 0.6 is 11.3 Å². The number of benzene rings is 2. The van der Waals surface area contributed by atoms with Crippen LogP contribution in [0, 0.1) is 19.8 Å². The normalized spacial score (nSPS) is 16.1. The maximum absolute atomic E-state index is 12.9. The monoisotopic (exact) mass is 475 g/mol. The zero-order valence-electron chi connectivity index (χ0n) is 19.7. The molecule has 7 nitrogen and oxygen atoms in total. The zero-order valence-corrected chi connectivity index (χ0v) is 20.6. The Morgan fingerprint density at radius 3 is 2.65 bits per heavy atom. The van der Waals surface area contributed by atoms with E-state index in [4.69, 9.17) is 14.8 Å². The van der Waals surface area contributed by atoms with Gasteiger partial charge in [-0.05, 0) is 56.5 Å². The van der Waals surface area contributed by atoms with Crippen LogP contribution < -0.4 is 15.0 Å². The molecule has 0 saturated carbocycles. The number of carbonyl (C=O) groups is 1. The molecule has 1 aliphatic heterocycles. The second-order valence-corrected chi connectivity index (χ2v) is 9.81. The number of anilines is 1. The Morgan fingerprint density at radius 2 is 1.91 bits per heavy atom. The number of fused-ring (bicyclic) bond motifs is 1. The van der Waals surface area contributed by atoms with Gasteiger partial charge in [0.05, 0.1) is 29.1 Å². The summed E-state index contributed by atoms with van der Waals surface area (Å²) in [7, 11) is 1.66. The van der Waals surface area contributed by atoms with Gasteiger partial charge >= 0.3 is 0 Å². The lowest BCUT2D eigenvalue weighted by Gasteiger charge is -2.31. The summed E-state index contributed by atoms with van der Waals surface area (Å²) in [6.45, 7) is 6.24. The number of thiazole rings is 1. The van der Waals surface area contributed by atoms with Gasteiger partial charge in [-0.25, -0.2) is 4.68 Å². The van der Waals surface area contributed by atoms with Crippen molar-refractivity contribution in [3.8, 4) is 11.4 Å². The third-order valence-electron chi connectivity index (χ3n) is 6.34. The van der Waals surface area contributed by atoms with E-state index in [0.717, 1.165) is 57.6 Å². The van der Waals surface area contributed by atoms with Crippen molar-refractivity contribution in [2.45, 2.75) is 33.2 Å². The van der Waals surface area contributed by atoms with Gasteiger partial charge in [-0.1, -0.05) is 41.2 Å². The quantitative estimate of drug-likeness (QED) is 0.440. The van der Waals surface area contributed by atoms with Crippen LogP contribution in [0.15, 0.2) is 48.5 Å². The van der Waals surface area contributed by atoms with E-state index in [9.17, 15) is 4.79 Å². The molecule has 2 aromatic heterocycles. The van der Waals surface area contributed by atoms with E-state index in [-0.39, 0.29) is 11.8 Å². The molecule has 176 valence electrons. The molecule has 0 radical (unpaired) electrons. The van der Waals surface area contributed by atoms with Crippen molar-refractivity contribution in [3.63, 3.8) is 0 Å². The molecule has 1 amide bonds. The first-order valence-electron chi connectivity index (χ1n) is 11.6. The van der Waals surface area contributed by atoms with Crippen molar-refractivity contribution >= 4 is 32.7 Å². The lowest BCUT2D eigenvalue weighted by Crippen LogP contribution is -2.43. The van der Waals surface area contributed by atoms with E-state index in [1.807, 2.05) is 35.9 Å². The van der Waals surface area contributed by atoms with Crippen molar-refractivity contribution in [3.05, 3.63) is 65.4 Å². The second kappa shape index (κ2) is 9.46. The summed E-state index contributed by atoms with van der Waals surface area (Å²) in [4.78, 5) is 20.1. The summed E-state index contributed by atoms with van der Waals surface area (Å²) < 4.78 is 8.24. The average molecular weight is 476 g/mol. The third-order valence-corrected chi connectivity index (χ3v) is 7.56. The van der Waals surface area contributed by atoms with E-state index in [1.165, 1.54) is 5.56 Å². The SMILES string of the molecule is COc1ccc(-n2nc(C)c3sc(N4CCC[C@@H](C(=O)NCc5ccc(C)cc5)C4)nc32)cc1. The molecule has 5 rings (SSSR count). The maximum atomic E-state index is 12.9. The first kappa shape index (κ1) is 22.4. The minimum Gasteiger partial charge on any atom is -0.497 e. The molecule has 0 bridgehead atoms. The molecule has 0 spiro atoms. The van der Waals surface area contributed by atoms with Gasteiger partial charge in [0.25, 0.3) is 0 Å². The Bertz CT molecular complexity index is 1290. The molecule has 8 heteroatoms. The van der Waals surface area contributed by atoms with E-state index in [1.54, 1.807) is 18.4 Å². The van der Waals surface area contributed by atoms with Crippen molar-refractivity contribution in [1.82, 2.24) is 20.1 Å². The Hall–Kier alpha value is -3.39. The summed E-state index contributed by atoms with van der Waals surface area (Å²) in [6, 6.07) is 16.1. The fraction of sp³-hybridized carbons (Fsp3) is 0.346. The number of rotatable bonds is 6. The Balaban J connectivity index is 1.31. The number of carbonyl (C=O) groups excluding carboxylic acids is 1. The third kappa shape index (κ3) is 4.50. The van der Waals surface area contributed by atoms with Crippen LogP contribution in [0.5, 0.6) is 5.75 Å². The van der Waals surface area contributed by atoms with Gasteiger partial charge in [0, 0.05) is 19.6 Å². The van der Waals surface area contributed by atoms with E-state index >= 15 is 0 Å². The van der Waals surface area contributed by atoms with Crippen LogP contribution in [0.2, 0.25) is 0 Å². The van der Waals surface area contributed by atoms with Crippen molar-refractivity contribution in [1.29, 1.82) is 0 Å². The highest BCUT2D eigenvalue weighted by Gasteiger charge is 2.28. The Morgan fingerprint density at radius 1 is 1.15 bits per heavy atom. The highest BCUT2D eigenvalue weighted by Crippen LogP contribution is 2.34. The molecular weight excluding hydrogens is 446 g/mol. The van der Waals surface area contributed by atoms with Crippen LogP contribution in [0.3, 0.4) is 0 Å². The summed E-state index contributed by atoms with van der Waals surface area (Å²) in [5.74, 6) is 0.889. The average Bonchev–Trinajstić information content (AvgIpc) is 3.44. The van der Waals surface area contributed by atoms with Gasteiger partial charge in [0.15, 0.2) is 10.8 Å². The van der Waals surface area contributed by atoms with E-state index < -0.39 is 0 Å². The molecule has 2 aromatic carbocycles. The van der Waals surface area contributed by atoms with E-state index in [0.29, 0.717) is 13.1 Å². The van der Waals surface area contributed by atoms with Gasteiger partial charge in [-0.3, -0.25) is 4.79 Å². The number of nitrogens with zero attached hydrogens (tertiary/aromatic N) is 4. The summed E-state index contributed by atoms with van der Waals surface area (Å²) in [5.41, 5.74) is 5.10. The molecule has 1 atom stereocenters. The number of ether oxygens (including phenoxy) is 1. The second-order valence-electron chi connectivity index (χ2n) is 8.83. The molecule has 1 saturated heterocycles. The van der Waals surface area contributed by atoms with Crippen LogP contribution in [-0.2, 0) is 11.3 Å². The fourth-order valence-electron chi connectivity index (χ4n) is 4.37. The van der Waals surface area contributed by atoms with Crippen LogP contribution in [-0.4, -0.2) is 40.9 Å². The minimum absolute atomic E-state index is 0.0367. The van der Waals surface area contributed by atoms with Gasteiger partial charge in [0.2, 0.25) is 5.91 Å². The molecule has 0 aliphatic carbocycles. The van der Waals surface area contributed by atoms with Crippen LogP contribution in [0.1, 0.15) is 29.7 Å². The predicted octanol–water partition coefficient (Wildman–Crippen LogP) is 4.64. The highest BCUT2D eigenvalue weighted by atomic mass is 32.1. The topological polar surface area (TPSA) is 72.3 Å². The molecule has 1 fully saturated rings. The highest BCUT2D eigenvalue weighted by molar-refractivity contribution is 7.22. The summed E-state index contributed by atoms with van der Waals surface area (Å²) in [6.07, 6.45) is 1.88. The number of piperidine rings is 1. The van der Waals surface area contributed by atoms with Gasteiger partial charge < -0.3 is 15.0 Å². The van der Waals surface area contributed by atoms with Crippen LogP contribution in [0.4, 0.5) is 5.13 Å². The zero-order chi connectivity index (χ0) is 23.7. The molecule has 34 heavy (non-hydrogen) atoms. The minimum atomic E-state index is -0.0367. The molecule has 3 heterocycles. The number of nitrogens with one attached hydrogen (secondary N) is 1. The summed E-state index contributed by atoms with van der Waals surface area (Å²) in [5, 5.41) is 8.78. The maximum Gasteiger partial charge on any atom is 0.225 e. The predicted molar refractivity (Wildman–Crippen MR) is 136 cm³/mol. The van der Waals surface area contributed by atoms with Crippen molar-refractivity contribution < 1.29 is 9.53 Å². The Labute approximate surface area is 203 Å². The number of amides is 1. The molecule has 1 aliphatic rings. The number of hydrogen-bond acceptors (Lipinski definition) is 6. The molecule has 4 aromatic rings. The standard InChI is InChI=1S/C26H29N5O2S/c1-17-6-8-19(9-7-17)15-27-25(32)20-5-4-14-30(16-20)26-28-24-23(34-26)18(2)29-31(24)21-10-12-22(33-3)13-11-21/h6-13,20H,4-5,14-16H2,1-3H3,(H,27,32)/t20-/m1/s1. The number of aryl methyl sites for hydroxylation is 2. The van der Waals surface area contributed by atoms with Crippen LogP contribution in [0.25, 0.3) is 16.0 Å². The largest absolute Gasteiger partial charge is 0.497 e. The van der Waals surface area contributed by atoms with Crippen molar-refractivity contribution in [2.75, 3.05) is 25.1 Å². The number of aromatic nitrogens is 3. The summed E-state index contributed by atoms with van der Waals surface area (Å²) >= 11 is 1.65. The molecule has 1 N–H and O–H groups in total. The number of hydrogen-bond donors (Lipinski definition) is 1. The smallest absolute Gasteiger partial charge is 0.225 e. The lowest BCUT2D eigenvalue weighted by atomic mass is 9.97. The first-order valence-corrected chi connectivity index (χ1v) is 12.4. The van der Waals surface area contributed by atoms with Crippen molar-refractivity contribution in [2.24, 2.45) is 5.92 Å². The first-order chi connectivity index (χ1) is 16.5. The molecule has 0 unspecified atom stereocenters.